The molecule has 0 radical (unpaired) electrons. The van der Waals surface area contributed by atoms with E-state index in [1.54, 1.807) is 7.11 Å². The van der Waals surface area contributed by atoms with Crippen LogP contribution in [-0.4, -0.2) is 60.6 Å². The first kappa shape index (κ1) is 21.1. The van der Waals surface area contributed by atoms with Crippen molar-refractivity contribution < 1.29 is 14.3 Å². The molecule has 0 spiro atoms. The van der Waals surface area contributed by atoms with Crippen LogP contribution in [0, 0.1) is 0 Å². The molecule has 2 N–H and O–H groups in total. The third-order valence-electron chi connectivity index (χ3n) is 5.58. The highest BCUT2D eigenvalue weighted by Gasteiger charge is 2.22. The van der Waals surface area contributed by atoms with Crippen LogP contribution >= 0.6 is 0 Å². The fourth-order valence-corrected chi connectivity index (χ4v) is 3.77. The number of pyridine rings is 1. The number of hydrogen-bond acceptors (Lipinski definition) is 6. The Hall–Kier alpha value is -3.16. The molecule has 1 saturated heterocycles. The zero-order valence-corrected chi connectivity index (χ0v) is 17.8. The van der Waals surface area contributed by atoms with Crippen molar-refractivity contribution in [2.75, 3.05) is 39.9 Å². The number of nitrogens with two attached hydrogens (primary N) is 1. The van der Waals surface area contributed by atoms with Crippen LogP contribution in [0.4, 0.5) is 0 Å². The second-order valence-electron chi connectivity index (χ2n) is 7.63. The molecule has 0 saturated carbocycles. The van der Waals surface area contributed by atoms with Gasteiger partial charge in [-0.2, -0.15) is 0 Å². The second kappa shape index (κ2) is 9.76. The lowest BCUT2D eigenvalue weighted by Gasteiger charge is -2.34. The predicted molar refractivity (Wildman–Crippen MR) is 120 cm³/mol. The average molecular weight is 421 g/mol. The van der Waals surface area contributed by atoms with Crippen LogP contribution < -0.4 is 15.2 Å². The molecule has 0 bridgehead atoms. The number of piperazine rings is 1. The van der Waals surface area contributed by atoms with Crippen molar-refractivity contribution in [2.45, 2.75) is 13.1 Å². The topological polar surface area (TPSA) is 80.9 Å². The maximum atomic E-state index is 12.6. The number of aromatic nitrogens is 1. The second-order valence-corrected chi connectivity index (χ2v) is 7.63. The molecule has 0 unspecified atom stereocenters. The van der Waals surface area contributed by atoms with Gasteiger partial charge in [0.05, 0.1) is 18.3 Å². The van der Waals surface area contributed by atoms with E-state index in [1.807, 2.05) is 41.3 Å². The standard InChI is InChI=1S/C24H28N4O3/c1-30-22-9-6-18(15-25)14-23(22)31-17-24(29)28-12-10-27(11-13-28)16-20-8-7-19-4-2-3-5-21(19)26-20/h2-9,14H,10-13,15-17,25H2,1H3. The minimum atomic E-state index is -0.0244. The lowest BCUT2D eigenvalue weighted by molar-refractivity contribution is -0.135. The summed E-state index contributed by atoms with van der Waals surface area (Å²) in [5, 5.41) is 1.15. The number of nitrogens with zero attached hydrogens (tertiary/aromatic N) is 3. The van der Waals surface area contributed by atoms with E-state index in [0.717, 1.165) is 41.8 Å². The quantitative estimate of drug-likeness (QED) is 0.632. The van der Waals surface area contributed by atoms with Crippen molar-refractivity contribution in [1.82, 2.24) is 14.8 Å². The average Bonchev–Trinajstić information content (AvgIpc) is 2.82. The van der Waals surface area contributed by atoms with Crippen LogP contribution in [0.15, 0.2) is 54.6 Å². The van der Waals surface area contributed by atoms with Crippen LogP contribution in [0.1, 0.15) is 11.3 Å². The fraction of sp³-hybridized carbons (Fsp3) is 0.333. The molecule has 2 aromatic carbocycles. The number of rotatable bonds is 7. The van der Waals surface area contributed by atoms with E-state index in [-0.39, 0.29) is 12.5 Å². The summed E-state index contributed by atoms with van der Waals surface area (Å²) < 4.78 is 11.1. The summed E-state index contributed by atoms with van der Waals surface area (Å²) in [7, 11) is 1.58. The van der Waals surface area contributed by atoms with Gasteiger partial charge in [-0.1, -0.05) is 30.3 Å². The lowest BCUT2D eigenvalue weighted by atomic mass is 10.2. The van der Waals surface area contributed by atoms with Crippen LogP contribution in [0.3, 0.4) is 0 Å². The SMILES string of the molecule is COc1ccc(CN)cc1OCC(=O)N1CCN(Cc2ccc3ccccc3n2)CC1. The van der Waals surface area contributed by atoms with Gasteiger partial charge in [0, 0.05) is 44.7 Å². The summed E-state index contributed by atoms with van der Waals surface area (Å²) in [4.78, 5) is 21.6. The summed E-state index contributed by atoms with van der Waals surface area (Å²) in [6.07, 6.45) is 0. The molecule has 31 heavy (non-hydrogen) atoms. The van der Waals surface area contributed by atoms with E-state index in [1.165, 1.54) is 0 Å². The van der Waals surface area contributed by atoms with Gasteiger partial charge in [0.1, 0.15) is 0 Å². The van der Waals surface area contributed by atoms with Crippen LogP contribution in [0.2, 0.25) is 0 Å². The molecule has 7 nitrogen and oxygen atoms in total. The van der Waals surface area contributed by atoms with Gasteiger partial charge in [0.2, 0.25) is 0 Å². The third kappa shape index (κ3) is 5.13. The van der Waals surface area contributed by atoms with Gasteiger partial charge in [0.15, 0.2) is 18.1 Å². The third-order valence-corrected chi connectivity index (χ3v) is 5.58. The molecule has 1 aromatic heterocycles. The molecule has 162 valence electrons. The Bertz CT molecular complexity index is 1050. The van der Waals surface area contributed by atoms with Crippen LogP contribution in [-0.2, 0) is 17.9 Å². The molecule has 7 heteroatoms. The molecule has 1 fully saturated rings. The lowest BCUT2D eigenvalue weighted by Crippen LogP contribution is -2.49. The molecule has 2 heterocycles. The Morgan fingerprint density at radius 1 is 1.03 bits per heavy atom. The van der Waals surface area contributed by atoms with E-state index in [4.69, 9.17) is 20.2 Å². The molecule has 0 atom stereocenters. The van der Waals surface area contributed by atoms with Gasteiger partial charge in [-0.25, -0.2) is 0 Å². The minimum absolute atomic E-state index is 0.0172. The molecular weight excluding hydrogens is 392 g/mol. The maximum absolute atomic E-state index is 12.6. The Morgan fingerprint density at radius 2 is 1.84 bits per heavy atom. The zero-order valence-electron chi connectivity index (χ0n) is 17.8. The number of carbonyl (C=O) groups is 1. The van der Waals surface area contributed by atoms with Gasteiger partial charge in [-0.05, 0) is 29.8 Å². The number of ether oxygens (including phenoxy) is 2. The van der Waals surface area contributed by atoms with E-state index in [2.05, 4.69) is 23.1 Å². The van der Waals surface area contributed by atoms with Crippen molar-refractivity contribution in [3.8, 4) is 11.5 Å². The molecular formula is C24H28N4O3. The maximum Gasteiger partial charge on any atom is 0.260 e. The summed E-state index contributed by atoms with van der Waals surface area (Å²) in [5.74, 6) is 1.11. The zero-order chi connectivity index (χ0) is 21.6. The smallest absolute Gasteiger partial charge is 0.260 e. The minimum Gasteiger partial charge on any atom is -0.493 e. The number of para-hydroxylation sites is 1. The van der Waals surface area contributed by atoms with Crippen molar-refractivity contribution in [3.63, 3.8) is 0 Å². The van der Waals surface area contributed by atoms with E-state index in [0.29, 0.717) is 31.1 Å². The molecule has 1 aliphatic heterocycles. The van der Waals surface area contributed by atoms with Gasteiger partial charge in [0.25, 0.3) is 5.91 Å². The molecule has 4 rings (SSSR count). The highest BCUT2D eigenvalue weighted by atomic mass is 16.5. The van der Waals surface area contributed by atoms with Crippen LogP contribution in [0.5, 0.6) is 11.5 Å². The van der Waals surface area contributed by atoms with Crippen molar-refractivity contribution in [3.05, 3.63) is 65.9 Å². The largest absolute Gasteiger partial charge is 0.493 e. The normalized spacial score (nSPS) is 14.6. The first-order valence-electron chi connectivity index (χ1n) is 10.5. The number of amides is 1. The predicted octanol–water partition coefficient (Wildman–Crippen LogP) is 2.43. The Morgan fingerprint density at radius 3 is 2.61 bits per heavy atom. The Balaban J connectivity index is 1.28. The molecule has 3 aromatic rings. The molecule has 0 aliphatic carbocycles. The van der Waals surface area contributed by atoms with Gasteiger partial charge < -0.3 is 20.1 Å². The van der Waals surface area contributed by atoms with Gasteiger partial charge in [-0.15, -0.1) is 0 Å². The summed E-state index contributed by atoms with van der Waals surface area (Å²) in [6.45, 7) is 4.15. The van der Waals surface area contributed by atoms with Crippen molar-refractivity contribution in [1.29, 1.82) is 0 Å². The first-order chi connectivity index (χ1) is 15.2. The number of hydrogen-bond donors (Lipinski definition) is 1. The highest BCUT2D eigenvalue weighted by molar-refractivity contribution is 5.78. The molecule has 1 aliphatic rings. The summed E-state index contributed by atoms with van der Waals surface area (Å²) in [5.41, 5.74) is 8.69. The summed E-state index contributed by atoms with van der Waals surface area (Å²) >= 11 is 0. The number of fused-ring (bicyclic) bond motifs is 1. The molecule has 1 amide bonds. The van der Waals surface area contributed by atoms with Crippen molar-refractivity contribution >= 4 is 16.8 Å². The van der Waals surface area contributed by atoms with Gasteiger partial charge in [-0.3, -0.25) is 14.7 Å². The van der Waals surface area contributed by atoms with E-state index < -0.39 is 0 Å². The number of carbonyl (C=O) groups excluding carboxylic acids is 1. The van der Waals surface area contributed by atoms with Gasteiger partial charge >= 0.3 is 0 Å². The number of methoxy groups -OCH3 is 1. The number of benzene rings is 2. The van der Waals surface area contributed by atoms with E-state index in [9.17, 15) is 4.79 Å². The Labute approximate surface area is 182 Å². The first-order valence-corrected chi connectivity index (χ1v) is 10.5. The highest BCUT2D eigenvalue weighted by Crippen LogP contribution is 2.28. The van der Waals surface area contributed by atoms with Crippen molar-refractivity contribution in [2.24, 2.45) is 5.73 Å². The van der Waals surface area contributed by atoms with E-state index >= 15 is 0 Å². The van der Waals surface area contributed by atoms with Crippen LogP contribution in [0.25, 0.3) is 10.9 Å². The monoisotopic (exact) mass is 420 g/mol. The Kier molecular flexibility index (Phi) is 6.64. The fourth-order valence-electron chi connectivity index (χ4n) is 3.77. The summed E-state index contributed by atoms with van der Waals surface area (Å²) in [6, 6.07) is 17.8.